The third-order valence-electron chi connectivity index (χ3n) is 4.29. The molecule has 0 bridgehead atoms. The van der Waals surface area contributed by atoms with Crippen LogP contribution in [0.25, 0.3) is 0 Å². The van der Waals surface area contributed by atoms with Crippen molar-refractivity contribution in [3.05, 3.63) is 0 Å². The molecule has 1 N–H and O–H groups in total. The maximum absolute atomic E-state index is 3.80. The lowest BCUT2D eigenvalue weighted by molar-refractivity contribution is 0.180. The summed E-state index contributed by atoms with van der Waals surface area (Å²) in [6.07, 6.45) is 11.2. The number of nitrogens with one attached hydrogen (secondary N) is 1. The molecule has 2 nitrogen and oxygen atoms in total. The molecule has 0 aliphatic carbocycles. The average Bonchev–Trinajstić information content (AvgIpc) is 2.73. The summed E-state index contributed by atoms with van der Waals surface area (Å²) in [5.41, 5.74) is 0. The van der Waals surface area contributed by atoms with Crippen LogP contribution >= 0.6 is 0 Å². The zero-order chi connectivity index (χ0) is 11.2. The maximum atomic E-state index is 3.80. The normalized spacial score (nSPS) is 30.6. The Morgan fingerprint density at radius 3 is 2.88 bits per heavy atom. The Hall–Kier alpha value is -0.0800. The van der Waals surface area contributed by atoms with Crippen LogP contribution in [0.3, 0.4) is 0 Å². The van der Waals surface area contributed by atoms with Gasteiger partial charge < -0.3 is 5.32 Å². The van der Waals surface area contributed by atoms with Gasteiger partial charge in [0.25, 0.3) is 0 Å². The first-order chi connectivity index (χ1) is 7.92. The Bertz CT molecular complexity index is 193. The summed E-state index contributed by atoms with van der Waals surface area (Å²) in [5.74, 6) is 0. The fourth-order valence-corrected chi connectivity index (χ4v) is 3.32. The highest BCUT2D eigenvalue weighted by molar-refractivity contribution is 4.93. The number of nitrogens with zero attached hydrogens (tertiary/aromatic N) is 1. The smallest absolute Gasteiger partial charge is 0.0249 e. The van der Waals surface area contributed by atoms with Gasteiger partial charge in [-0.15, -0.1) is 0 Å². The number of hydrogen-bond acceptors (Lipinski definition) is 2. The third kappa shape index (κ3) is 3.21. The minimum Gasteiger partial charge on any atom is -0.312 e. The van der Waals surface area contributed by atoms with Crippen molar-refractivity contribution < 1.29 is 0 Å². The van der Waals surface area contributed by atoms with Crippen molar-refractivity contribution in [2.45, 2.75) is 70.4 Å². The molecule has 0 aromatic rings. The summed E-state index contributed by atoms with van der Waals surface area (Å²) in [6, 6.07) is 1.68. The number of unbranched alkanes of at least 4 members (excludes halogenated alkanes) is 3. The Balaban J connectivity index is 1.62. The molecule has 2 aliphatic rings. The van der Waals surface area contributed by atoms with Crippen molar-refractivity contribution in [3.63, 3.8) is 0 Å². The highest BCUT2D eigenvalue weighted by Crippen LogP contribution is 2.26. The van der Waals surface area contributed by atoms with E-state index in [2.05, 4.69) is 17.1 Å². The molecule has 16 heavy (non-hydrogen) atoms. The largest absolute Gasteiger partial charge is 0.312 e. The Morgan fingerprint density at radius 1 is 1.06 bits per heavy atom. The van der Waals surface area contributed by atoms with Gasteiger partial charge in [-0.3, -0.25) is 4.90 Å². The van der Waals surface area contributed by atoms with Gasteiger partial charge in [-0.1, -0.05) is 32.6 Å². The van der Waals surface area contributed by atoms with Crippen LogP contribution in [0.1, 0.15) is 58.3 Å². The molecule has 2 unspecified atom stereocenters. The van der Waals surface area contributed by atoms with Gasteiger partial charge in [-0.2, -0.15) is 0 Å². The van der Waals surface area contributed by atoms with Gasteiger partial charge in [0, 0.05) is 18.6 Å². The summed E-state index contributed by atoms with van der Waals surface area (Å²) >= 11 is 0. The Kier molecular flexibility index (Phi) is 5.11. The minimum atomic E-state index is 0.807. The number of rotatable bonds is 6. The van der Waals surface area contributed by atoms with Crippen LogP contribution in [-0.2, 0) is 0 Å². The van der Waals surface area contributed by atoms with Crippen LogP contribution in [0.2, 0.25) is 0 Å². The van der Waals surface area contributed by atoms with Gasteiger partial charge in [-0.05, 0) is 38.8 Å². The topological polar surface area (TPSA) is 15.3 Å². The molecule has 2 fully saturated rings. The number of hydrogen-bond donors (Lipinski definition) is 1. The van der Waals surface area contributed by atoms with E-state index in [1.807, 2.05) is 0 Å². The Labute approximate surface area is 101 Å². The molecule has 2 saturated heterocycles. The van der Waals surface area contributed by atoms with Crippen molar-refractivity contribution in [2.24, 2.45) is 0 Å². The first-order valence-corrected chi connectivity index (χ1v) is 7.39. The summed E-state index contributed by atoms with van der Waals surface area (Å²) in [4.78, 5) is 2.72. The molecule has 0 radical (unpaired) electrons. The van der Waals surface area contributed by atoms with Crippen LogP contribution in [0, 0.1) is 0 Å². The molecule has 0 saturated carbocycles. The Morgan fingerprint density at radius 2 is 2.00 bits per heavy atom. The number of piperidine rings is 1. The van der Waals surface area contributed by atoms with Crippen molar-refractivity contribution in [1.82, 2.24) is 10.2 Å². The zero-order valence-electron chi connectivity index (χ0n) is 10.9. The molecule has 2 atom stereocenters. The van der Waals surface area contributed by atoms with Crippen molar-refractivity contribution >= 4 is 0 Å². The highest BCUT2D eigenvalue weighted by atomic mass is 15.2. The highest BCUT2D eigenvalue weighted by Gasteiger charge is 2.34. The molecule has 2 heterocycles. The third-order valence-corrected chi connectivity index (χ3v) is 4.29. The summed E-state index contributed by atoms with van der Waals surface area (Å²) in [5, 5.41) is 3.80. The maximum Gasteiger partial charge on any atom is 0.0249 e. The predicted octanol–water partition coefficient (Wildman–Crippen LogP) is 2.78. The van der Waals surface area contributed by atoms with Crippen LogP contribution in [0.15, 0.2) is 0 Å². The second-order valence-corrected chi connectivity index (χ2v) is 5.51. The van der Waals surface area contributed by atoms with E-state index in [1.165, 1.54) is 71.0 Å². The molecule has 2 aliphatic heterocycles. The molecule has 2 heteroatoms. The molecule has 0 amide bonds. The van der Waals surface area contributed by atoms with E-state index in [0.29, 0.717) is 0 Å². The van der Waals surface area contributed by atoms with Gasteiger partial charge in [-0.25, -0.2) is 0 Å². The fourth-order valence-electron chi connectivity index (χ4n) is 3.32. The van der Waals surface area contributed by atoms with Gasteiger partial charge in [0.05, 0.1) is 0 Å². The van der Waals surface area contributed by atoms with Crippen molar-refractivity contribution in [1.29, 1.82) is 0 Å². The summed E-state index contributed by atoms with van der Waals surface area (Å²) in [6.45, 7) is 6.23. The van der Waals surface area contributed by atoms with E-state index in [0.717, 1.165) is 12.1 Å². The van der Waals surface area contributed by atoms with E-state index in [1.54, 1.807) is 0 Å². The fraction of sp³-hybridized carbons (Fsp3) is 1.00. The predicted molar refractivity (Wildman–Crippen MR) is 69.8 cm³/mol. The molecule has 94 valence electrons. The molecule has 0 spiro atoms. The van der Waals surface area contributed by atoms with Gasteiger partial charge in [0.1, 0.15) is 0 Å². The van der Waals surface area contributed by atoms with E-state index in [4.69, 9.17) is 0 Å². The standard InChI is InChI=1S/C14H28N2/c1-2-3-4-6-10-15-13-9-12-16-11-7-5-8-14(13)16/h13-15H,2-12H2,1H3. The lowest BCUT2D eigenvalue weighted by Crippen LogP contribution is -2.45. The van der Waals surface area contributed by atoms with Gasteiger partial charge >= 0.3 is 0 Å². The van der Waals surface area contributed by atoms with Crippen LogP contribution in [0.4, 0.5) is 0 Å². The molecule has 2 rings (SSSR count). The van der Waals surface area contributed by atoms with E-state index >= 15 is 0 Å². The van der Waals surface area contributed by atoms with Crippen LogP contribution < -0.4 is 5.32 Å². The van der Waals surface area contributed by atoms with E-state index < -0.39 is 0 Å². The van der Waals surface area contributed by atoms with E-state index in [-0.39, 0.29) is 0 Å². The van der Waals surface area contributed by atoms with Crippen molar-refractivity contribution in [3.8, 4) is 0 Å². The monoisotopic (exact) mass is 224 g/mol. The van der Waals surface area contributed by atoms with Crippen LogP contribution in [-0.4, -0.2) is 36.6 Å². The number of fused-ring (bicyclic) bond motifs is 1. The second-order valence-electron chi connectivity index (χ2n) is 5.51. The van der Waals surface area contributed by atoms with Crippen LogP contribution in [0.5, 0.6) is 0 Å². The molecular weight excluding hydrogens is 196 g/mol. The summed E-state index contributed by atoms with van der Waals surface area (Å²) < 4.78 is 0. The first-order valence-electron chi connectivity index (χ1n) is 7.39. The lowest BCUT2D eigenvalue weighted by Gasteiger charge is -2.32. The summed E-state index contributed by atoms with van der Waals surface area (Å²) in [7, 11) is 0. The van der Waals surface area contributed by atoms with Crippen molar-refractivity contribution in [2.75, 3.05) is 19.6 Å². The second kappa shape index (κ2) is 6.61. The van der Waals surface area contributed by atoms with Gasteiger partial charge in [0.15, 0.2) is 0 Å². The minimum absolute atomic E-state index is 0.807. The molecule has 0 aromatic heterocycles. The lowest BCUT2D eigenvalue weighted by atomic mass is 9.99. The van der Waals surface area contributed by atoms with E-state index in [9.17, 15) is 0 Å². The first kappa shape index (κ1) is 12.4. The van der Waals surface area contributed by atoms with Gasteiger partial charge in [0.2, 0.25) is 0 Å². The average molecular weight is 224 g/mol. The SMILES string of the molecule is CCCCCCNC1CCN2CCCCC12. The molecule has 0 aromatic carbocycles. The molecular formula is C14H28N2. The quantitative estimate of drug-likeness (QED) is 0.698. The zero-order valence-corrected chi connectivity index (χ0v) is 10.9.